The lowest BCUT2D eigenvalue weighted by atomic mass is 10.1. The summed E-state index contributed by atoms with van der Waals surface area (Å²) in [5.74, 6) is 0.522. The second-order valence-electron chi connectivity index (χ2n) is 5.91. The van der Waals surface area contributed by atoms with Crippen LogP contribution in [0, 0.1) is 0 Å². The monoisotopic (exact) mass is 393 g/mol. The van der Waals surface area contributed by atoms with Gasteiger partial charge in [0, 0.05) is 31.9 Å². The van der Waals surface area contributed by atoms with E-state index < -0.39 is 22.2 Å². The van der Waals surface area contributed by atoms with Crippen molar-refractivity contribution in [2.45, 2.75) is 11.0 Å². The number of carbonyl (C=O) groups excluding carboxylic acids is 1. The third-order valence-corrected chi connectivity index (χ3v) is 5.64. The highest BCUT2D eigenvalue weighted by Gasteiger charge is 2.18. The molecule has 9 heteroatoms. The zero-order valence-electron chi connectivity index (χ0n) is 15.3. The Bertz CT molecular complexity index is 899. The highest BCUT2D eigenvalue weighted by molar-refractivity contribution is 7.89. The number of aliphatic hydroxyl groups excluding tert-OH is 1. The normalized spacial score (nSPS) is 12.5. The Hall–Kier alpha value is -2.62. The lowest BCUT2D eigenvalue weighted by molar-refractivity contribution is 0.171. The maximum absolute atomic E-state index is 12.2. The van der Waals surface area contributed by atoms with E-state index in [2.05, 4.69) is 10.6 Å². The average Bonchev–Trinajstić information content (AvgIpc) is 2.66. The summed E-state index contributed by atoms with van der Waals surface area (Å²) in [5, 5.41) is 15.4. The maximum atomic E-state index is 12.2. The predicted molar refractivity (Wildman–Crippen MR) is 102 cm³/mol. The number of urea groups is 1. The molecule has 0 aliphatic rings. The number of nitrogens with zero attached hydrogens (tertiary/aromatic N) is 1. The number of para-hydroxylation sites is 1. The van der Waals surface area contributed by atoms with Gasteiger partial charge in [-0.1, -0.05) is 24.3 Å². The van der Waals surface area contributed by atoms with Gasteiger partial charge in [0.1, 0.15) is 5.75 Å². The van der Waals surface area contributed by atoms with Crippen molar-refractivity contribution in [2.75, 3.05) is 33.1 Å². The molecule has 0 aliphatic heterocycles. The molecule has 3 N–H and O–H groups in total. The van der Waals surface area contributed by atoms with Gasteiger partial charge in [0.2, 0.25) is 10.0 Å². The molecule has 0 bridgehead atoms. The first-order valence-electron chi connectivity index (χ1n) is 8.14. The van der Waals surface area contributed by atoms with Crippen LogP contribution < -0.4 is 15.4 Å². The minimum atomic E-state index is -3.60. The highest BCUT2D eigenvalue weighted by Crippen LogP contribution is 2.24. The molecule has 0 heterocycles. The van der Waals surface area contributed by atoms with Crippen molar-refractivity contribution in [1.82, 2.24) is 9.62 Å². The van der Waals surface area contributed by atoms with Gasteiger partial charge >= 0.3 is 6.03 Å². The summed E-state index contributed by atoms with van der Waals surface area (Å²) in [4.78, 5) is 12.1. The van der Waals surface area contributed by atoms with E-state index in [0.29, 0.717) is 17.0 Å². The topological polar surface area (TPSA) is 108 Å². The summed E-state index contributed by atoms with van der Waals surface area (Å²) in [6.45, 7) is -0.0398. The Labute approximate surface area is 158 Å². The zero-order valence-corrected chi connectivity index (χ0v) is 16.2. The van der Waals surface area contributed by atoms with Crippen molar-refractivity contribution < 1.29 is 23.1 Å². The van der Waals surface area contributed by atoms with Crippen LogP contribution in [-0.4, -0.2) is 51.6 Å². The number of aliphatic hydroxyl groups is 1. The average molecular weight is 393 g/mol. The molecular formula is C18H23N3O5S. The number of carbonyl (C=O) groups is 1. The molecular weight excluding hydrogens is 370 g/mol. The van der Waals surface area contributed by atoms with Crippen molar-refractivity contribution in [3.8, 4) is 5.75 Å². The minimum absolute atomic E-state index is 0.0398. The number of hydrogen-bond acceptors (Lipinski definition) is 5. The number of anilines is 1. The molecule has 2 aromatic carbocycles. The number of benzene rings is 2. The molecule has 0 fully saturated rings. The van der Waals surface area contributed by atoms with Gasteiger partial charge in [0.15, 0.2) is 0 Å². The van der Waals surface area contributed by atoms with Crippen molar-refractivity contribution in [3.05, 3.63) is 54.1 Å². The SMILES string of the molecule is COc1ccccc1[C@H](O)CNC(=O)Nc1cccc(S(=O)(=O)N(C)C)c1. The second kappa shape index (κ2) is 8.85. The number of methoxy groups -OCH3 is 1. The summed E-state index contributed by atoms with van der Waals surface area (Å²) in [7, 11) is 0.767. The van der Waals surface area contributed by atoms with Crippen LogP contribution in [0.2, 0.25) is 0 Å². The fourth-order valence-corrected chi connectivity index (χ4v) is 3.31. The number of nitrogens with one attached hydrogen (secondary N) is 2. The number of amides is 2. The smallest absolute Gasteiger partial charge is 0.319 e. The van der Waals surface area contributed by atoms with Crippen LogP contribution in [0.15, 0.2) is 53.4 Å². The molecule has 0 radical (unpaired) electrons. The Kier molecular flexibility index (Phi) is 6.78. The zero-order chi connectivity index (χ0) is 20.0. The van der Waals surface area contributed by atoms with Gasteiger partial charge in [0.05, 0.1) is 18.1 Å². The van der Waals surface area contributed by atoms with E-state index in [1.54, 1.807) is 30.3 Å². The van der Waals surface area contributed by atoms with Crippen LogP contribution in [-0.2, 0) is 10.0 Å². The second-order valence-corrected chi connectivity index (χ2v) is 8.06. The van der Waals surface area contributed by atoms with E-state index in [1.807, 2.05) is 0 Å². The molecule has 8 nitrogen and oxygen atoms in total. The van der Waals surface area contributed by atoms with E-state index >= 15 is 0 Å². The predicted octanol–water partition coefficient (Wildman–Crippen LogP) is 1.80. The Morgan fingerprint density at radius 2 is 1.89 bits per heavy atom. The fraction of sp³-hybridized carbons (Fsp3) is 0.278. The largest absolute Gasteiger partial charge is 0.496 e. The van der Waals surface area contributed by atoms with E-state index in [-0.39, 0.29) is 11.4 Å². The number of hydrogen-bond donors (Lipinski definition) is 3. The van der Waals surface area contributed by atoms with Crippen molar-refractivity contribution in [2.24, 2.45) is 0 Å². The fourth-order valence-electron chi connectivity index (χ4n) is 2.36. The third-order valence-electron chi connectivity index (χ3n) is 3.82. The van der Waals surface area contributed by atoms with E-state index in [0.717, 1.165) is 4.31 Å². The highest BCUT2D eigenvalue weighted by atomic mass is 32.2. The van der Waals surface area contributed by atoms with Gasteiger partial charge < -0.3 is 20.5 Å². The Morgan fingerprint density at radius 3 is 2.56 bits per heavy atom. The molecule has 2 rings (SSSR count). The van der Waals surface area contributed by atoms with Gasteiger partial charge in [-0.15, -0.1) is 0 Å². The quantitative estimate of drug-likeness (QED) is 0.665. The van der Waals surface area contributed by atoms with Gasteiger partial charge in [-0.3, -0.25) is 0 Å². The maximum Gasteiger partial charge on any atom is 0.319 e. The summed E-state index contributed by atoms with van der Waals surface area (Å²) in [6.07, 6.45) is -0.952. The first-order chi connectivity index (χ1) is 12.8. The molecule has 27 heavy (non-hydrogen) atoms. The minimum Gasteiger partial charge on any atom is -0.496 e. The summed E-state index contributed by atoms with van der Waals surface area (Å²) in [6, 6.07) is 12.3. The molecule has 0 aromatic heterocycles. The van der Waals surface area contributed by atoms with Crippen molar-refractivity contribution >= 4 is 21.7 Å². The van der Waals surface area contributed by atoms with E-state index in [9.17, 15) is 18.3 Å². The molecule has 0 unspecified atom stereocenters. The van der Waals surface area contributed by atoms with Crippen LogP contribution in [0.25, 0.3) is 0 Å². The summed E-state index contributed by atoms with van der Waals surface area (Å²) in [5.41, 5.74) is 0.876. The summed E-state index contributed by atoms with van der Waals surface area (Å²) >= 11 is 0. The van der Waals surface area contributed by atoms with Crippen LogP contribution >= 0.6 is 0 Å². The lowest BCUT2D eigenvalue weighted by Gasteiger charge is -2.16. The molecule has 0 spiro atoms. The molecule has 0 saturated heterocycles. The van der Waals surface area contributed by atoms with Gasteiger partial charge in [0.25, 0.3) is 0 Å². The van der Waals surface area contributed by atoms with Gasteiger partial charge in [-0.05, 0) is 24.3 Å². The molecule has 0 aliphatic carbocycles. The van der Waals surface area contributed by atoms with Crippen molar-refractivity contribution in [1.29, 1.82) is 0 Å². The molecule has 2 amide bonds. The first kappa shape index (κ1) is 20.7. The third kappa shape index (κ3) is 5.19. The van der Waals surface area contributed by atoms with E-state index in [4.69, 9.17) is 4.74 Å². The Balaban J connectivity index is 2.00. The van der Waals surface area contributed by atoms with Crippen LogP contribution in [0.3, 0.4) is 0 Å². The lowest BCUT2D eigenvalue weighted by Crippen LogP contribution is -2.32. The van der Waals surface area contributed by atoms with Gasteiger partial charge in [-0.25, -0.2) is 17.5 Å². The van der Waals surface area contributed by atoms with Crippen LogP contribution in [0.5, 0.6) is 5.75 Å². The molecule has 1 atom stereocenters. The number of ether oxygens (including phenoxy) is 1. The molecule has 146 valence electrons. The Morgan fingerprint density at radius 1 is 1.19 bits per heavy atom. The number of rotatable bonds is 7. The standard InChI is InChI=1S/C18H23N3O5S/c1-21(2)27(24,25)14-8-6-7-13(11-14)20-18(23)19-12-16(22)15-9-4-5-10-17(15)26-3/h4-11,16,22H,12H2,1-3H3,(H2,19,20,23)/t16-/m1/s1. The number of sulfonamides is 1. The first-order valence-corrected chi connectivity index (χ1v) is 9.58. The molecule has 2 aromatic rings. The molecule has 0 saturated carbocycles. The van der Waals surface area contributed by atoms with Crippen molar-refractivity contribution in [3.63, 3.8) is 0 Å². The summed E-state index contributed by atoms with van der Waals surface area (Å²) < 4.78 is 30.6. The van der Waals surface area contributed by atoms with Gasteiger partial charge in [-0.2, -0.15) is 0 Å². The van der Waals surface area contributed by atoms with E-state index in [1.165, 1.54) is 39.4 Å². The van der Waals surface area contributed by atoms with Crippen LogP contribution in [0.4, 0.5) is 10.5 Å². The van der Waals surface area contributed by atoms with Crippen LogP contribution in [0.1, 0.15) is 11.7 Å².